The van der Waals surface area contributed by atoms with Gasteiger partial charge in [0, 0.05) is 19.0 Å². The maximum Gasteiger partial charge on any atom is 0.241 e. The Morgan fingerprint density at radius 2 is 2.00 bits per heavy atom. The van der Waals surface area contributed by atoms with E-state index >= 15 is 0 Å². The van der Waals surface area contributed by atoms with Crippen molar-refractivity contribution < 1.29 is 13.6 Å². The van der Waals surface area contributed by atoms with E-state index in [4.69, 9.17) is 11.6 Å². The van der Waals surface area contributed by atoms with Crippen molar-refractivity contribution in [3.63, 3.8) is 0 Å². The van der Waals surface area contributed by atoms with Gasteiger partial charge in [-0.1, -0.05) is 6.92 Å². The summed E-state index contributed by atoms with van der Waals surface area (Å²) in [5.41, 5.74) is 0. The largest absolute Gasteiger partial charge is 0.341 e. The van der Waals surface area contributed by atoms with Crippen molar-refractivity contribution in [3.8, 4) is 0 Å². The van der Waals surface area contributed by atoms with E-state index in [1.807, 2.05) is 6.92 Å². The first-order chi connectivity index (χ1) is 7.06. The van der Waals surface area contributed by atoms with Crippen molar-refractivity contribution in [3.05, 3.63) is 0 Å². The molecular weight excluding hydrogens is 224 g/mol. The zero-order valence-corrected chi connectivity index (χ0v) is 9.51. The highest BCUT2D eigenvalue weighted by Gasteiger charge is 2.30. The van der Waals surface area contributed by atoms with E-state index in [1.165, 1.54) is 0 Å². The van der Waals surface area contributed by atoms with Gasteiger partial charge in [0.1, 0.15) is 5.38 Å². The Bertz CT molecular complexity index is 217. The molecule has 0 aliphatic carbocycles. The van der Waals surface area contributed by atoms with E-state index in [0.29, 0.717) is 32.4 Å². The van der Waals surface area contributed by atoms with Crippen LogP contribution in [0.2, 0.25) is 0 Å². The van der Waals surface area contributed by atoms with Crippen LogP contribution in [0.15, 0.2) is 0 Å². The Hall–Kier alpha value is -0.380. The number of rotatable bonds is 3. The molecule has 1 aliphatic rings. The molecule has 1 rings (SSSR count). The molecule has 0 aromatic heterocycles. The number of halogens is 3. The molecule has 88 valence electrons. The summed E-state index contributed by atoms with van der Waals surface area (Å²) >= 11 is 5.81. The number of alkyl halides is 3. The van der Waals surface area contributed by atoms with Gasteiger partial charge in [-0.25, -0.2) is 8.78 Å². The molecule has 1 unspecified atom stereocenters. The number of amides is 1. The van der Waals surface area contributed by atoms with Crippen LogP contribution in [-0.4, -0.2) is 35.7 Å². The fraction of sp³-hybridized carbons (Fsp3) is 0.900. The lowest BCUT2D eigenvalue weighted by atomic mass is 9.97. The minimum Gasteiger partial charge on any atom is -0.341 e. The predicted molar refractivity (Wildman–Crippen MR) is 55.2 cm³/mol. The summed E-state index contributed by atoms with van der Waals surface area (Å²) in [6.45, 7) is 2.66. The third kappa shape index (κ3) is 3.30. The molecule has 0 radical (unpaired) electrons. The third-order valence-electron chi connectivity index (χ3n) is 2.83. The highest BCUT2D eigenvalue weighted by Crippen LogP contribution is 2.24. The lowest BCUT2D eigenvalue weighted by Crippen LogP contribution is -2.43. The topological polar surface area (TPSA) is 20.3 Å². The van der Waals surface area contributed by atoms with E-state index in [0.717, 1.165) is 0 Å². The first kappa shape index (κ1) is 12.7. The van der Waals surface area contributed by atoms with E-state index in [9.17, 15) is 13.6 Å². The second-order valence-electron chi connectivity index (χ2n) is 3.87. The molecule has 1 aliphatic heterocycles. The summed E-state index contributed by atoms with van der Waals surface area (Å²) in [5, 5.41) is -0.506. The summed E-state index contributed by atoms with van der Waals surface area (Å²) in [6.07, 6.45) is -0.914. The fourth-order valence-electron chi connectivity index (χ4n) is 1.74. The van der Waals surface area contributed by atoms with Crippen molar-refractivity contribution in [1.29, 1.82) is 0 Å². The van der Waals surface area contributed by atoms with Gasteiger partial charge in [0.15, 0.2) is 0 Å². The third-order valence-corrected chi connectivity index (χ3v) is 3.33. The van der Waals surface area contributed by atoms with Crippen LogP contribution in [0, 0.1) is 5.92 Å². The van der Waals surface area contributed by atoms with Gasteiger partial charge in [0.25, 0.3) is 0 Å². The lowest BCUT2D eigenvalue weighted by Gasteiger charge is -2.32. The molecule has 1 heterocycles. The first-order valence-electron chi connectivity index (χ1n) is 5.27. The van der Waals surface area contributed by atoms with Gasteiger partial charge in [-0.3, -0.25) is 4.79 Å². The van der Waals surface area contributed by atoms with Crippen molar-refractivity contribution in [2.75, 3.05) is 13.1 Å². The van der Waals surface area contributed by atoms with Crippen LogP contribution in [0.5, 0.6) is 0 Å². The molecule has 1 fully saturated rings. The van der Waals surface area contributed by atoms with Crippen molar-refractivity contribution >= 4 is 17.5 Å². The van der Waals surface area contributed by atoms with Crippen LogP contribution in [-0.2, 0) is 4.79 Å². The molecule has 0 spiro atoms. The maximum atomic E-state index is 12.3. The standard InChI is InChI=1S/C10H16ClF2NO/c1-2-8(11)10(15)14-5-3-7(4-6-14)9(12)13/h7-9H,2-6H2,1H3. The maximum absolute atomic E-state index is 12.3. The van der Waals surface area contributed by atoms with Gasteiger partial charge in [-0.05, 0) is 19.3 Å². The van der Waals surface area contributed by atoms with Gasteiger partial charge < -0.3 is 4.90 Å². The molecule has 1 atom stereocenters. The number of carbonyl (C=O) groups is 1. The van der Waals surface area contributed by atoms with E-state index in [2.05, 4.69) is 0 Å². The molecule has 2 nitrogen and oxygen atoms in total. The second kappa shape index (κ2) is 5.64. The van der Waals surface area contributed by atoms with Crippen LogP contribution in [0.4, 0.5) is 8.78 Å². The van der Waals surface area contributed by atoms with Crippen LogP contribution in [0.1, 0.15) is 26.2 Å². The molecule has 15 heavy (non-hydrogen) atoms. The smallest absolute Gasteiger partial charge is 0.241 e. The Morgan fingerprint density at radius 1 is 1.47 bits per heavy atom. The van der Waals surface area contributed by atoms with Crippen molar-refractivity contribution in [1.82, 2.24) is 4.90 Å². The van der Waals surface area contributed by atoms with Crippen LogP contribution < -0.4 is 0 Å². The minimum absolute atomic E-state index is 0.119. The van der Waals surface area contributed by atoms with E-state index < -0.39 is 17.7 Å². The molecule has 5 heteroatoms. The normalized spacial score (nSPS) is 20.7. The fourth-order valence-corrected chi connectivity index (χ4v) is 1.88. The Kier molecular flexibility index (Phi) is 4.77. The van der Waals surface area contributed by atoms with Crippen LogP contribution in [0.25, 0.3) is 0 Å². The summed E-state index contributed by atoms with van der Waals surface area (Å²) in [5.74, 6) is -0.670. The molecule has 0 N–H and O–H groups in total. The zero-order valence-electron chi connectivity index (χ0n) is 8.76. The number of likely N-dealkylation sites (tertiary alicyclic amines) is 1. The lowest BCUT2D eigenvalue weighted by molar-refractivity contribution is -0.133. The highest BCUT2D eigenvalue weighted by molar-refractivity contribution is 6.30. The molecule has 0 saturated carbocycles. The Balaban J connectivity index is 2.40. The quantitative estimate of drug-likeness (QED) is 0.693. The summed E-state index contributed by atoms with van der Waals surface area (Å²) in [4.78, 5) is 13.2. The molecule has 0 aromatic rings. The average molecular weight is 240 g/mol. The first-order valence-corrected chi connectivity index (χ1v) is 5.71. The van der Waals surface area contributed by atoms with Crippen molar-refractivity contribution in [2.45, 2.75) is 38.0 Å². The van der Waals surface area contributed by atoms with Gasteiger partial charge in [0.2, 0.25) is 12.3 Å². The molecule has 0 bridgehead atoms. The Morgan fingerprint density at radius 3 is 2.40 bits per heavy atom. The molecular formula is C10H16ClF2NO. The number of hydrogen-bond donors (Lipinski definition) is 0. The SMILES string of the molecule is CCC(Cl)C(=O)N1CCC(C(F)F)CC1. The van der Waals surface area contributed by atoms with Gasteiger partial charge in [-0.2, -0.15) is 0 Å². The minimum atomic E-state index is -2.26. The number of hydrogen-bond acceptors (Lipinski definition) is 1. The van der Waals surface area contributed by atoms with E-state index in [1.54, 1.807) is 4.90 Å². The predicted octanol–water partition coefficient (Wildman–Crippen LogP) is 2.51. The van der Waals surface area contributed by atoms with Crippen molar-refractivity contribution in [2.24, 2.45) is 5.92 Å². The second-order valence-corrected chi connectivity index (χ2v) is 4.40. The van der Waals surface area contributed by atoms with Gasteiger partial charge >= 0.3 is 0 Å². The molecule has 1 amide bonds. The summed E-state index contributed by atoms with van der Waals surface area (Å²) < 4.78 is 24.7. The Labute approximate surface area is 93.6 Å². The molecule has 1 saturated heterocycles. The number of carbonyl (C=O) groups excluding carboxylic acids is 1. The van der Waals surface area contributed by atoms with Gasteiger partial charge in [0.05, 0.1) is 0 Å². The molecule has 0 aromatic carbocycles. The average Bonchev–Trinajstić information content (AvgIpc) is 2.27. The van der Waals surface area contributed by atoms with Gasteiger partial charge in [-0.15, -0.1) is 11.6 Å². The van der Waals surface area contributed by atoms with Crippen LogP contribution in [0.3, 0.4) is 0 Å². The number of piperidine rings is 1. The highest BCUT2D eigenvalue weighted by atomic mass is 35.5. The summed E-state index contributed by atoms with van der Waals surface area (Å²) in [6, 6.07) is 0. The van der Waals surface area contributed by atoms with E-state index in [-0.39, 0.29) is 5.91 Å². The monoisotopic (exact) mass is 239 g/mol. The number of nitrogens with zero attached hydrogens (tertiary/aromatic N) is 1. The van der Waals surface area contributed by atoms with Crippen LogP contribution >= 0.6 is 11.6 Å². The zero-order chi connectivity index (χ0) is 11.4. The summed E-state index contributed by atoms with van der Waals surface area (Å²) in [7, 11) is 0.